The first kappa shape index (κ1) is 15.3. The average molecular weight is 303 g/mol. The molecule has 0 amide bonds. The standard InChI is InChI=1S/C16H17NO3S/c1-11-5-6-15(14(17)9-11)21-8-7-20-13-4-2-3-12(10-13)16(18)19/h2-6,9-10H,7-8,17H2,1H3,(H,18,19). The second-order valence-electron chi connectivity index (χ2n) is 4.57. The van der Waals surface area contributed by atoms with Crippen molar-refractivity contribution in [2.75, 3.05) is 18.1 Å². The lowest BCUT2D eigenvalue weighted by Crippen LogP contribution is -2.02. The lowest BCUT2D eigenvalue weighted by Gasteiger charge is -2.08. The summed E-state index contributed by atoms with van der Waals surface area (Å²) in [7, 11) is 0. The summed E-state index contributed by atoms with van der Waals surface area (Å²) >= 11 is 1.62. The number of hydrogen-bond acceptors (Lipinski definition) is 4. The van der Waals surface area contributed by atoms with Gasteiger partial charge in [0, 0.05) is 16.3 Å². The minimum atomic E-state index is -0.956. The summed E-state index contributed by atoms with van der Waals surface area (Å²) in [6, 6.07) is 12.4. The van der Waals surface area contributed by atoms with Crippen molar-refractivity contribution in [2.24, 2.45) is 0 Å². The number of carbonyl (C=O) groups is 1. The van der Waals surface area contributed by atoms with Gasteiger partial charge in [0.1, 0.15) is 5.75 Å². The molecule has 3 N–H and O–H groups in total. The molecule has 0 bridgehead atoms. The molecule has 0 unspecified atom stereocenters. The summed E-state index contributed by atoms with van der Waals surface area (Å²) in [4.78, 5) is 11.9. The zero-order chi connectivity index (χ0) is 15.2. The van der Waals surface area contributed by atoms with E-state index in [1.165, 1.54) is 12.1 Å². The number of aryl methyl sites for hydroxylation is 1. The molecule has 0 saturated heterocycles. The van der Waals surface area contributed by atoms with Crippen molar-refractivity contribution in [3.63, 3.8) is 0 Å². The van der Waals surface area contributed by atoms with Crippen LogP contribution in [0, 0.1) is 6.92 Å². The van der Waals surface area contributed by atoms with Gasteiger partial charge in [0.2, 0.25) is 0 Å². The molecule has 0 aromatic heterocycles. The molecular formula is C16H17NO3S. The third-order valence-electron chi connectivity index (χ3n) is 2.86. The van der Waals surface area contributed by atoms with Crippen LogP contribution in [0.1, 0.15) is 15.9 Å². The first-order valence-electron chi connectivity index (χ1n) is 6.51. The normalized spacial score (nSPS) is 10.3. The van der Waals surface area contributed by atoms with Gasteiger partial charge in [0.25, 0.3) is 0 Å². The van der Waals surface area contributed by atoms with Crippen molar-refractivity contribution in [2.45, 2.75) is 11.8 Å². The Labute approximate surface area is 127 Å². The SMILES string of the molecule is Cc1ccc(SCCOc2cccc(C(=O)O)c2)c(N)c1. The molecule has 4 nitrogen and oxygen atoms in total. The van der Waals surface area contributed by atoms with Gasteiger partial charge in [0.15, 0.2) is 0 Å². The Kier molecular flexibility index (Phi) is 5.11. The maximum absolute atomic E-state index is 10.9. The fourth-order valence-electron chi connectivity index (χ4n) is 1.83. The first-order valence-corrected chi connectivity index (χ1v) is 7.50. The van der Waals surface area contributed by atoms with Gasteiger partial charge in [-0.1, -0.05) is 12.1 Å². The minimum Gasteiger partial charge on any atom is -0.493 e. The molecule has 5 heteroatoms. The quantitative estimate of drug-likeness (QED) is 0.486. The molecule has 2 aromatic carbocycles. The van der Waals surface area contributed by atoms with Gasteiger partial charge in [-0.3, -0.25) is 0 Å². The number of nitrogens with two attached hydrogens (primary N) is 1. The smallest absolute Gasteiger partial charge is 0.335 e. The van der Waals surface area contributed by atoms with Gasteiger partial charge in [0.05, 0.1) is 12.2 Å². The average Bonchev–Trinajstić information content (AvgIpc) is 2.45. The number of rotatable bonds is 6. The third-order valence-corrected chi connectivity index (χ3v) is 3.91. The van der Waals surface area contributed by atoms with E-state index in [1.807, 2.05) is 25.1 Å². The van der Waals surface area contributed by atoms with Gasteiger partial charge in [-0.15, -0.1) is 11.8 Å². The fraction of sp³-hybridized carbons (Fsp3) is 0.188. The molecule has 2 aromatic rings. The highest BCUT2D eigenvalue weighted by atomic mass is 32.2. The largest absolute Gasteiger partial charge is 0.493 e. The summed E-state index contributed by atoms with van der Waals surface area (Å²) in [6.45, 7) is 2.49. The summed E-state index contributed by atoms with van der Waals surface area (Å²) in [6.07, 6.45) is 0. The molecule has 0 spiro atoms. The molecule has 0 aliphatic heterocycles. The minimum absolute atomic E-state index is 0.225. The van der Waals surface area contributed by atoms with Crippen LogP contribution in [0.5, 0.6) is 5.75 Å². The van der Waals surface area contributed by atoms with Crippen molar-refractivity contribution in [1.29, 1.82) is 0 Å². The van der Waals surface area contributed by atoms with Crippen LogP contribution in [-0.4, -0.2) is 23.4 Å². The van der Waals surface area contributed by atoms with E-state index in [1.54, 1.807) is 23.9 Å². The molecule has 0 radical (unpaired) electrons. The Hall–Kier alpha value is -2.14. The van der Waals surface area contributed by atoms with Crippen LogP contribution in [0.4, 0.5) is 5.69 Å². The van der Waals surface area contributed by atoms with Gasteiger partial charge >= 0.3 is 5.97 Å². The van der Waals surface area contributed by atoms with Crippen LogP contribution in [0.15, 0.2) is 47.4 Å². The van der Waals surface area contributed by atoms with Gasteiger partial charge in [-0.25, -0.2) is 4.79 Å². The molecule has 21 heavy (non-hydrogen) atoms. The van der Waals surface area contributed by atoms with Crippen molar-refractivity contribution < 1.29 is 14.6 Å². The second-order valence-corrected chi connectivity index (χ2v) is 5.71. The number of nitrogen functional groups attached to an aromatic ring is 1. The summed E-state index contributed by atoms with van der Waals surface area (Å²) in [5.74, 6) is 0.347. The maximum atomic E-state index is 10.9. The summed E-state index contributed by atoms with van der Waals surface area (Å²) in [5, 5.41) is 8.91. The van der Waals surface area contributed by atoms with E-state index in [0.717, 1.165) is 21.9 Å². The van der Waals surface area contributed by atoms with E-state index in [0.29, 0.717) is 12.4 Å². The van der Waals surface area contributed by atoms with E-state index >= 15 is 0 Å². The van der Waals surface area contributed by atoms with E-state index < -0.39 is 5.97 Å². The second kappa shape index (κ2) is 7.04. The molecule has 0 aliphatic rings. The summed E-state index contributed by atoms with van der Waals surface area (Å²) in [5.41, 5.74) is 8.07. The third kappa shape index (κ3) is 4.43. The highest BCUT2D eigenvalue weighted by Gasteiger charge is 2.04. The van der Waals surface area contributed by atoms with Crippen LogP contribution in [-0.2, 0) is 0 Å². The molecular weight excluding hydrogens is 286 g/mol. The highest BCUT2D eigenvalue weighted by molar-refractivity contribution is 7.99. The summed E-state index contributed by atoms with van der Waals surface area (Å²) < 4.78 is 5.56. The maximum Gasteiger partial charge on any atom is 0.335 e. The van der Waals surface area contributed by atoms with Crippen LogP contribution < -0.4 is 10.5 Å². The Morgan fingerprint density at radius 1 is 1.29 bits per heavy atom. The Bertz CT molecular complexity index is 643. The van der Waals surface area contributed by atoms with Crippen molar-refractivity contribution in [3.8, 4) is 5.75 Å². The van der Waals surface area contributed by atoms with Crippen molar-refractivity contribution in [3.05, 3.63) is 53.6 Å². The van der Waals surface area contributed by atoms with E-state index in [2.05, 4.69) is 0 Å². The Balaban J connectivity index is 1.84. The van der Waals surface area contributed by atoms with Gasteiger partial charge in [-0.05, 0) is 42.8 Å². The number of benzene rings is 2. The van der Waals surface area contributed by atoms with Crippen molar-refractivity contribution in [1.82, 2.24) is 0 Å². The molecule has 0 fully saturated rings. The van der Waals surface area contributed by atoms with Crippen molar-refractivity contribution >= 4 is 23.4 Å². The van der Waals surface area contributed by atoms with Crippen LogP contribution in [0.25, 0.3) is 0 Å². The van der Waals surface area contributed by atoms with Gasteiger partial charge < -0.3 is 15.6 Å². The fourth-order valence-corrected chi connectivity index (χ4v) is 2.61. The number of thioether (sulfide) groups is 1. The zero-order valence-corrected chi connectivity index (χ0v) is 12.5. The zero-order valence-electron chi connectivity index (χ0n) is 11.7. The Morgan fingerprint density at radius 3 is 2.81 bits per heavy atom. The molecule has 0 aliphatic carbocycles. The van der Waals surface area contributed by atoms with E-state index in [-0.39, 0.29) is 5.56 Å². The number of carboxylic acids is 1. The number of hydrogen-bond donors (Lipinski definition) is 2. The van der Waals surface area contributed by atoms with E-state index in [9.17, 15) is 4.79 Å². The molecule has 110 valence electrons. The Morgan fingerprint density at radius 2 is 2.10 bits per heavy atom. The van der Waals surface area contributed by atoms with Crippen LogP contribution >= 0.6 is 11.8 Å². The molecule has 0 heterocycles. The number of aromatic carboxylic acids is 1. The lowest BCUT2D eigenvalue weighted by molar-refractivity contribution is 0.0696. The van der Waals surface area contributed by atoms with E-state index in [4.69, 9.17) is 15.6 Å². The lowest BCUT2D eigenvalue weighted by atomic mass is 10.2. The van der Waals surface area contributed by atoms with Gasteiger partial charge in [-0.2, -0.15) is 0 Å². The number of ether oxygens (including phenoxy) is 1. The molecule has 0 saturated carbocycles. The van der Waals surface area contributed by atoms with Crippen LogP contribution in [0.3, 0.4) is 0 Å². The van der Waals surface area contributed by atoms with Crippen LogP contribution in [0.2, 0.25) is 0 Å². The topological polar surface area (TPSA) is 72.5 Å². The predicted molar refractivity (Wildman–Crippen MR) is 85.2 cm³/mol. The monoisotopic (exact) mass is 303 g/mol. The number of anilines is 1. The predicted octanol–water partition coefficient (Wildman–Crippen LogP) is 3.45. The number of carboxylic acid groups (broad SMARTS) is 1. The molecule has 0 atom stereocenters. The molecule has 2 rings (SSSR count). The first-order chi connectivity index (χ1) is 10.1. The highest BCUT2D eigenvalue weighted by Crippen LogP contribution is 2.25.